The molecule has 0 saturated heterocycles. The molecule has 0 amide bonds. The molecule has 13 heteroatoms. The SMILES string of the molecule is CCCCCCCOc1cc(OCCCCCCC)c(S(OC(=O)O)(c2c(OCCCCCCC)cc(OCCCCCCC)cc2OCCCCCCC)c2c(OCCCCCCC)cc(OCCCCCCC)cc2OCCCCCCC)c(OCCCCCCC)c1. The molecule has 548 valence electrons. The second-order valence-electron chi connectivity index (χ2n) is 26.5. The largest absolute Gasteiger partial charge is 0.517 e. The molecule has 95 heavy (non-hydrogen) atoms. The molecule has 1 N–H and O–H groups in total. The van der Waals surface area contributed by atoms with E-state index in [9.17, 15) is 9.90 Å². The van der Waals surface area contributed by atoms with E-state index >= 15 is 0 Å². The second kappa shape index (κ2) is 57.4. The van der Waals surface area contributed by atoms with Gasteiger partial charge in [0.2, 0.25) is 0 Å². The fourth-order valence-corrected chi connectivity index (χ4v) is 15.4. The van der Waals surface area contributed by atoms with Crippen LogP contribution in [0.4, 0.5) is 4.79 Å². The maximum Gasteiger partial charge on any atom is 0.517 e. The second-order valence-corrected chi connectivity index (χ2v) is 29.0. The molecule has 0 aliphatic heterocycles. The van der Waals surface area contributed by atoms with Gasteiger partial charge in [-0.2, -0.15) is 0 Å². The number of carbonyl (C=O) groups is 1. The molecule has 0 atom stereocenters. The summed E-state index contributed by atoms with van der Waals surface area (Å²) in [7, 11) is -3.90. The Bertz CT molecular complexity index is 1970. The molecule has 0 fully saturated rings. The Morgan fingerprint density at radius 1 is 0.242 bits per heavy atom. The van der Waals surface area contributed by atoms with Gasteiger partial charge >= 0.3 is 6.16 Å². The first-order valence-corrected chi connectivity index (χ1v) is 41.2. The van der Waals surface area contributed by atoms with Crippen molar-refractivity contribution in [1.82, 2.24) is 0 Å². The van der Waals surface area contributed by atoms with E-state index in [1.165, 1.54) is 19.3 Å². The molecular formula is C82H142O12S. The van der Waals surface area contributed by atoms with Crippen molar-refractivity contribution in [2.24, 2.45) is 0 Å². The average Bonchev–Trinajstić information content (AvgIpc) is 0.709. The Labute approximate surface area is 583 Å². The Balaban J connectivity index is 2.91. The van der Waals surface area contributed by atoms with Gasteiger partial charge in [0.1, 0.15) is 66.4 Å². The van der Waals surface area contributed by atoms with Gasteiger partial charge < -0.3 is 51.9 Å². The number of hydrogen-bond acceptors (Lipinski definition) is 11. The molecule has 0 aliphatic rings. The minimum absolute atomic E-state index is 0.358. The summed E-state index contributed by atoms with van der Waals surface area (Å²) in [5.74, 6) is 4.21. The van der Waals surface area contributed by atoms with Crippen LogP contribution < -0.4 is 42.6 Å². The third-order valence-corrected chi connectivity index (χ3v) is 20.9. The van der Waals surface area contributed by atoms with Crippen LogP contribution in [0.2, 0.25) is 0 Å². The van der Waals surface area contributed by atoms with Crippen molar-refractivity contribution in [1.29, 1.82) is 0 Å². The summed E-state index contributed by atoms with van der Waals surface area (Å²) < 4.78 is 72.0. The molecule has 0 aromatic heterocycles. The van der Waals surface area contributed by atoms with Gasteiger partial charge in [-0.3, -0.25) is 0 Å². The number of unbranched alkanes of at least 4 members (excludes halogenated alkanes) is 36. The van der Waals surface area contributed by atoms with E-state index in [1.807, 2.05) is 36.4 Å². The fraction of sp³-hybridized carbons (Fsp3) is 0.768. The van der Waals surface area contributed by atoms with E-state index in [0.717, 1.165) is 270 Å². The van der Waals surface area contributed by atoms with Crippen LogP contribution in [0.1, 0.15) is 351 Å². The molecule has 0 spiro atoms. The number of hydrogen-bond donors (Lipinski definition) is 1. The Morgan fingerprint density at radius 3 is 0.537 bits per heavy atom. The van der Waals surface area contributed by atoms with E-state index in [4.69, 9.17) is 46.8 Å². The van der Waals surface area contributed by atoms with E-state index in [-0.39, 0.29) is 0 Å². The lowest BCUT2D eigenvalue weighted by Gasteiger charge is -2.43. The minimum Gasteiger partial charge on any atom is -0.493 e. The van der Waals surface area contributed by atoms with Crippen LogP contribution in [-0.2, 0) is 4.18 Å². The van der Waals surface area contributed by atoms with Crippen molar-refractivity contribution in [3.05, 3.63) is 36.4 Å². The van der Waals surface area contributed by atoms with Gasteiger partial charge in [0.15, 0.2) is 0 Å². The molecule has 3 aromatic rings. The van der Waals surface area contributed by atoms with Crippen LogP contribution in [0, 0.1) is 0 Å². The smallest absolute Gasteiger partial charge is 0.493 e. The zero-order valence-electron chi connectivity index (χ0n) is 62.5. The van der Waals surface area contributed by atoms with Gasteiger partial charge in [0.05, 0.1) is 59.5 Å². The topological polar surface area (TPSA) is 130 Å². The van der Waals surface area contributed by atoms with Crippen molar-refractivity contribution in [3.8, 4) is 51.7 Å². The highest BCUT2D eigenvalue weighted by Gasteiger charge is 2.50. The highest BCUT2D eigenvalue weighted by Crippen LogP contribution is 2.80. The lowest BCUT2D eigenvalue weighted by atomic mass is 10.1. The van der Waals surface area contributed by atoms with E-state index in [2.05, 4.69) is 62.3 Å². The number of rotatable bonds is 67. The summed E-state index contributed by atoms with van der Waals surface area (Å²) in [6.45, 7) is 23.8. The Hall–Kier alpha value is -4.52. The standard InChI is InChI=1S/C82H142O12S/c1-10-19-28-37-46-55-85-70-64-73(88-58-49-40-31-22-13-4)79(74(65-70)89-59-50-41-32-23-14-5)95(94-82(83)84,80-75(90-60-51-42-33-24-15-6)66-71(86-56-47-38-29-20-11-2)67-76(80)91-61-52-43-34-25-16-7)81-77(92-62-53-44-35-26-17-8)68-72(87-57-48-39-30-21-12-3)69-78(81)93-63-54-45-36-27-18-9/h64-69H,10-63H2,1-9H3,(H,83,84). The molecule has 0 aliphatic carbocycles. The van der Waals surface area contributed by atoms with Crippen LogP contribution in [0.15, 0.2) is 51.1 Å². The summed E-state index contributed by atoms with van der Waals surface area (Å²) in [4.78, 5) is 16.3. The zero-order chi connectivity index (χ0) is 68.5. The Morgan fingerprint density at radius 2 is 0.389 bits per heavy atom. The van der Waals surface area contributed by atoms with Crippen molar-refractivity contribution in [2.45, 2.75) is 366 Å². The summed E-state index contributed by atoms with van der Waals surface area (Å²) in [6.07, 6.45) is 45.2. The van der Waals surface area contributed by atoms with Crippen LogP contribution in [0.25, 0.3) is 0 Å². The van der Waals surface area contributed by atoms with Crippen molar-refractivity contribution in [2.75, 3.05) is 59.5 Å². The number of ether oxygens (including phenoxy) is 9. The van der Waals surface area contributed by atoms with Crippen LogP contribution in [0.5, 0.6) is 51.7 Å². The molecule has 0 bridgehead atoms. The first-order chi connectivity index (χ1) is 46.7. The summed E-state index contributed by atoms with van der Waals surface area (Å²) in [5.41, 5.74) is 0. The lowest BCUT2D eigenvalue weighted by molar-refractivity contribution is 0.149. The van der Waals surface area contributed by atoms with Gasteiger partial charge in [0, 0.05) is 46.7 Å². The lowest BCUT2D eigenvalue weighted by Crippen LogP contribution is -2.20. The normalized spacial score (nSPS) is 11.6. The first-order valence-electron chi connectivity index (χ1n) is 39.7. The van der Waals surface area contributed by atoms with E-state index in [1.54, 1.807) is 0 Å². The van der Waals surface area contributed by atoms with Crippen LogP contribution >= 0.6 is 10.3 Å². The fourth-order valence-electron chi connectivity index (χ4n) is 12.0. The van der Waals surface area contributed by atoms with Gasteiger partial charge in [0.25, 0.3) is 0 Å². The summed E-state index contributed by atoms with van der Waals surface area (Å²) in [6, 6.07) is 11.8. The quantitative estimate of drug-likeness (QED) is 0.0540. The predicted octanol–water partition coefficient (Wildman–Crippen LogP) is 26.7. The average molecular weight is 1350 g/mol. The highest BCUT2D eigenvalue weighted by atomic mass is 32.3. The van der Waals surface area contributed by atoms with Gasteiger partial charge in [-0.1, -0.05) is 293 Å². The predicted molar refractivity (Wildman–Crippen MR) is 399 cm³/mol. The molecule has 0 saturated carbocycles. The van der Waals surface area contributed by atoms with Crippen molar-refractivity contribution in [3.63, 3.8) is 0 Å². The molecule has 0 heterocycles. The highest BCUT2D eigenvalue weighted by molar-refractivity contribution is 8.30. The summed E-state index contributed by atoms with van der Waals surface area (Å²) >= 11 is 0. The zero-order valence-corrected chi connectivity index (χ0v) is 63.3. The molecule has 3 aromatic carbocycles. The third kappa shape index (κ3) is 35.7. The van der Waals surface area contributed by atoms with Crippen LogP contribution in [0.3, 0.4) is 0 Å². The van der Waals surface area contributed by atoms with Gasteiger partial charge in [-0.25, -0.2) is 4.79 Å². The van der Waals surface area contributed by atoms with Crippen molar-refractivity contribution < 1.29 is 56.7 Å². The Kier molecular flexibility index (Phi) is 51.2. The first kappa shape index (κ1) is 84.7. The number of carboxylic acid groups (broad SMARTS) is 1. The van der Waals surface area contributed by atoms with Gasteiger partial charge in [-0.15, -0.1) is 0 Å². The number of benzene rings is 3. The van der Waals surface area contributed by atoms with Crippen LogP contribution in [-0.4, -0.2) is 70.7 Å². The third-order valence-electron chi connectivity index (χ3n) is 17.6. The molecular weight excluding hydrogens is 1210 g/mol. The van der Waals surface area contributed by atoms with E-state index in [0.29, 0.717) is 126 Å². The van der Waals surface area contributed by atoms with Gasteiger partial charge in [-0.05, 0) is 57.8 Å². The maximum atomic E-state index is 15.0. The molecule has 0 radical (unpaired) electrons. The molecule has 12 nitrogen and oxygen atoms in total. The van der Waals surface area contributed by atoms with E-state index < -0.39 is 16.5 Å². The maximum absolute atomic E-state index is 15.0. The minimum atomic E-state index is -3.90. The van der Waals surface area contributed by atoms with Crippen molar-refractivity contribution >= 4 is 16.5 Å². The summed E-state index contributed by atoms with van der Waals surface area (Å²) in [5, 5.41) is 12.2. The molecule has 3 rings (SSSR count). The monoisotopic (exact) mass is 1350 g/mol. The molecule has 0 unspecified atom stereocenters.